The Bertz CT molecular complexity index is 526. The maximum absolute atomic E-state index is 5.72. The van der Waals surface area contributed by atoms with Crippen molar-refractivity contribution in [1.82, 2.24) is 15.0 Å². The third-order valence-electron chi connectivity index (χ3n) is 2.81. The number of nitrogens with zero attached hydrogens (tertiary/aromatic N) is 3. The van der Waals surface area contributed by atoms with Gasteiger partial charge in [-0.15, -0.1) is 5.10 Å². The van der Waals surface area contributed by atoms with Crippen molar-refractivity contribution < 1.29 is 0 Å². The highest BCUT2D eigenvalue weighted by atomic mass is 15.5. The SMILES string of the molecule is CC(C)C(=Cc1cnn(-c2ccccc2)n1)CN. The van der Waals surface area contributed by atoms with E-state index in [2.05, 4.69) is 24.0 Å². The zero-order valence-electron chi connectivity index (χ0n) is 10.7. The summed E-state index contributed by atoms with van der Waals surface area (Å²) in [5, 5.41) is 8.68. The quantitative estimate of drug-likeness (QED) is 0.894. The van der Waals surface area contributed by atoms with E-state index in [1.165, 1.54) is 5.57 Å². The lowest BCUT2D eigenvalue weighted by Crippen LogP contribution is -2.08. The molecule has 94 valence electrons. The zero-order valence-corrected chi connectivity index (χ0v) is 10.7. The fraction of sp³-hybridized carbons (Fsp3) is 0.286. The number of para-hydroxylation sites is 1. The van der Waals surface area contributed by atoms with Crippen LogP contribution in [0, 0.1) is 5.92 Å². The number of aromatic nitrogens is 3. The molecule has 0 aliphatic rings. The molecule has 0 bridgehead atoms. The second-order valence-electron chi connectivity index (χ2n) is 4.47. The van der Waals surface area contributed by atoms with Crippen LogP contribution in [0.25, 0.3) is 11.8 Å². The summed E-state index contributed by atoms with van der Waals surface area (Å²) in [4.78, 5) is 1.63. The molecule has 0 aliphatic heterocycles. The molecule has 0 amide bonds. The van der Waals surface area contributed by atoms with Crippen molar-refractivity contribution in [2.24, 2.45) is 11.7 Å². The van der Waals surface area contributed by atoms with Gasteiger partial charge in [-0.05, 0) is 24.1 Å². The molecule has 4 heteroatoms. The fourth-order valence-corrected chi connectivity index (χ4v) is 1.68. The van der Waals surface area contributed by atoms with Gasteiger partial charge in [-0.2, -0.15) is 9.90 Å². The summed E-state index contributed by atoms with van der Waals surface area (Å²) < 4.78 is 0. The number of nitrogens with two attached hydrogens (primary N) is 1. The van der Waals surface area contributed by atoms with Crippen LogP contribution >= 0.6 is 0 Å². The highest BCUT2D eigenvalue weighted by molar-refractivity contribution is 5.48. The van der Waals surface area contributed by atoms with Gasteiger partial charge in [0.05, 0.1) is 11.9 Å². The van der Waals surface area contributed by atoms with E-state index in [0.717, 1.165) is 11.4 Å². The lowest BCUT2D eigenvalue weighted by molar-refractivity contribution is 0.743. The Balaban J connectivity index is 2.26. The van der Waals surface area contributed by atoms with Gasteiger partial charge < -0.3 is 5.73 Å². The monoisotopic (exact) mass is 242 g/mol. The molecule has 1 heterocycles. The van der Waals surface area contributed by atoms with E-state index in [-0.39, 0.29) is 0 Å². The average molecular weight is 242 g/mol. The minimum absolute atomic E-state index is 0.428. The highest BCUT2D eigenvalue weighted by Crippen LogP contribution is 2.12. The molecule has 0 radical (unpaired) electrons. The Morgan fingerprint density at radius 2 is 2.06 bits per heavy atom. The normalized spacial score (nSPS) is 12.1. The first-order valence-electron chi connectivity index (χ1n) is 6.09. The fourth-order valence-electron chi connectivity index (χ4n) is 1.68. The van der Waals surface area contributed by atoms with Gasteiger partial charge in [0, 0.05) is 6.54 Å². The summed E-state index contributed by atoms with van der Waals surface area (Å²) in [5.41, 5.74) is 8.69. The van der Waals surface area contributed by atoms with Crippen molar-refractivity contribution in [3.8, 4) is 5.69 Å². The Kier molecular flexibility index (Phi) is 3.89. The van der Waals surface area contributed by atoms with Crippen LogP contribution in [0.4, 0.5) is 0 Å². The molecule has 4 nitrogen and oxygen atoms in total. The number of rotatable bonds is 4. The second-order valence-corrected chi connectivity index (χ2v) is 4.47. The van der Waals surface area contributed by atoms with Crippen molar-refractivity contribution in [2.45, 2.75) is 13.8 Å². The molecule has 0 spiro atoms. The summed E-state index contributed by atoms with van der Waals surface area (Å²) in [7, 11) is 0. The lowest BCUT2D eigenvalue weighted by Gasteiger charge is -2.06. The first kappa shape index (κ1) is 12.5. The first-order chi connectivity index (χ1) is 8.70. The van der Waals surface area contributed by atoms with Crippen LogP contribution in [0.3, 0.4) is 0 Å². The molecular formula is C14H18N4. The standard InChI is InChI=1S/C14H18N4/c1-11(2)12(9-15)8-13-10-16-18(17-13)14-6-4-3-5-7-14/h3-8,10-11H,9,15H2,1-2H3. The Morgan fingerprint density at radius 1 is 1.33 bits per heavy atom. The third-order valence-corrected chi connectivity index (χ3v) is 2.81. The molecule has 0 aliphatic carbocycles. The van der Waals surface area contributed by atoms with Gasteiger partial charge in [0.1, 0.15) is 5.69 Å². The van der Waals surface area contributed by atoms with E-state index in [0.29, 0.717) is 12.5 Å². The van der Waals surface area contributed by atoms with E-state index in [1.807, 2.05) is 36.4 Å². The van der Waals surface area contributed by atoms with Crippen LogP contribution in [-0.2, 0) is 0 Å². The van der Waals surface area contributed by atoms with Gasteiger partial charge in [0.15, 0.2) is 0 Å². The summed E-state index contributed by atoms with van der Waals surface area (Å²) in [6, 6.07) is 9.85. The maximum atomic E-state index is 5.72. The van der Waals surface area contributed by atoms with Crippen LogP contribution in [0.2, 0.25) is 0 Å². The van der Waals surface area contributed by atoms with Crippen LogP contribution < -0.4 is 5.73 Å². The molecule has 2 N–H and O–H groups in total. The molecule has 0 unspecified atom stereocenters. The minimum atomic E-state index is 0.428. The van der Waals surface area contributed by atoms with Crippen molar-refractivity contribution >= 4 is 6.08 Å². The van der Waals surface area contributed by atoms with Crippen molar-refractivity contribution in [3.63, 3.8) is 0 Å². The van der Waals surface area contributed by atoms with E-state index >= 15 is 0 Å². The molecule has 18 heavy (non-hydrogen) atoms. The lowest BCUT2D eigenvalue weighted by atomic mass is 10.0. The summed E-state index contributed by atoms with van der Waals surface area (Å²) in [6.07, 6.45) is 3.77. The molecule has 2 rings (SSSR count). The molecule has 1 aromatic heterocycles. The predicted molar refractivity (Wildman–Crippen MR) is 73.2 cm³/mol. The van der Waals surface area contributed by atoms with Crippen molar-refractivity contribution in [2.75, 3.05) is 6.54 Å². The first-order valence-corrected chi connectivity index (χ1v) is 6.09. The summed E-state index contributed by atoms with van der Waals surface area (Å²) in [5.74, 6) is 0.428. The van der Waals surface area contributed by atoms with Gasteiger partial charge in [-0.3, -0.25) is 0 Å². The van der Waals surface area contributed by atoms with E-state index < -0.39 is 0 Å². The van der Waals surface area contributed by atoms with E-state index in [4.69, 9.17) is 5.73 Å². The van der Waals surface area contributed by atoms with Crippen molar-refractivity contribution in [3.05, 3.63) is 47.8 Å². The molecule has 2 aromatic rings. The summed E-state index contributed by atoms with van der Waals surface area (Å²) >= 11 is 0. The maximum Gasteiger partial charge on any atom is 0.106 e. The molecular weight excluding hydrogens is 224 g/mol. The molecule has 0 fully saturated rings. The Labute approximate surface area is 107 Å². The summed E-state index contributed by atoms with van der Waals surface area (Å²) in [6.45, 7) is 4.80. The molecule has 0 saturated heterocycles. The molecule has 1 aromatic carbocycles. The smallest absolute Gasteiger partial charge is 0.106 e. The van der Waals surface area contributed by atoms with Crippen LogP contribution in [0.5, 0.6) is 0 Å². The number of hydrogen-bond acceptors (Lipinski definition) is 3. The van der Waals surface area contributed by atoms with Gasteiger partial charge >= 0.3 is 0 Å². The highest BCUT2D eigenvalue weighted by Gasteiger charge is 2.04. The van der Waals surface area contributed by atoms with Crippen LogP contribution in [-0.4, -0.2) is 21.5 Å². The second kappa shape index (κ2) is 5.60. The largest absolute Gasteiger partial charge is 0.327 e. The van der Waals surface area contributed by atoms with Gasteiger partial charge in [-0.1, -0.05) is 37.6 Å². The molecule has 0 atom stereocenters. The van der Waals surface area contributed by atoms with E-state index in [1.54, 1.807) is 11.0 Å². The zero-order chi connectivity index (χ0) is 13.0. The third kappa shape index (κ3) is 2.84. The minimum Gasteiger partial charge on any atom is -0.327 e. The van der Waals surface area contributed by atoms with Gasteiger partial charge in [0.2, 0.25) is 0 Å². The number of benzene rings is 1. The van der Waals surface area contributed by atoms with Crippen LogP contribution in [0.15, 0.2) is 42.1 Å². The Hall–Kier alpha value is -1.94. The molecule has 0 saturated carbocycles. The number of hydrogen-bond donors (Lipinski definition) is 1. The van der Waals surface area contributed by atoms with Crippen LogP contribution in [0.1, 0.15) is 19.5 Å². The van der Waals surface area contributed by atoms with Gasteiger partial charge in [0.25, 0.3) is 0 Å². The topological polar surface area (TPSA) is 56.7 Å². The Morgan fingerprint density at radius 3 is 2.67 bits per heavy atom. The average Bonchev–Trinajstić information content (AvgIpc) is 2.85. The van der Waals surface area contributed by atoms with Crippen molar-refractivity contribution in [1.29, 1.82) is 0 Å². The van der Waals surface area contributed by atoms with E-state index in [9.17, 15) is 0 Å². The van der Waals surface area contributed by atoms with Gasteiger partial charge in [-0.25, -0.2) is 0 Å². The predicted octanol–water partition coefficient (Wildman–Crippen LogP) is 2.27.